The van der Waals surface area contributed by atoms with Crippen LogP contribution < -0.4 is 11.1 Å². The lowest BCUT2D eigenvalue weighted by molar-refractivity contribution is 0.00119. The molecule has 0 aliphatic carbocycles. The maximum Gasteiger partial charge on any atom is 0.410 e. The molecular weight excluding hydrogens is 294 g/mol. The molecule has 1 unspecified atom stereocenters. The van der Waals surface area contributed by atoms with E-state index in [9.17, 15) is 9.90 Å². The summed E-state index contributed by atoms with van der Waals surface area (Å²) < 4.78 is 5.35. The summed E-state index contributed by atoms with van der Waals surface area (Å²) >= 11 is 0. The monoisotopic (exact) mass is 321 g/mol. The van der Waals surface area contributed by atoms with Gasteiger partial charge in [0.1, 0.15) is 5.60 Å². The lowest BCUT2D eigenvalue weighted by Crippen LogP contribution is -2.52. The highest BCUT2D eigenvalue weighted by atomic mass is 16.6. The zero-order valence-electron chi connectivity index (χ0n) is 14.3. The van der Waals surface area contributed by atoms with Crippen molar-refractivity contribution in [3.05, 3.63) is 23.8 Å². The van der Waals surface area contributed by atoms with Gasteiger partial charge in [0.25, 0.3) is 0 Å². The van der Waals surface area contributed by atoms with Crippen LogP contribution in [0.2, 0.25) is 0 Å². The summed E-state index contributed by atoms with van der Waals surface area (Å²) in [5.74, 6) is 0. The average Bonchev–Trinajstić information content (AvgIpc) is 2.41. The van der Waals surface area contributed by atoms with E-state index in [2.05, 4.69) is 5.32 Å². The molecule has 6 nitrogen and oxygen atoms in total. The van der Waals surface area contributed by atoms with Gasteiger partial charge in [-0.15, -0.1) is 0 Å². The molecule has 0 saturated carbocycles. The number of nitrogen functional groups attached to an aromatic ring is 1. The van der Waals surface area contributed by atoms with E-state index >= 15 is 0 Å². The van der Waals surface area contributed by atoms with Crippen molar-refractivity contribution >= 4 is 17.5 Å². The van der Waals surface area contributed by atoms with Gasteiger partial charge in [0.2, 0.25) is 0 Å². The number of aliphatic hydroxyl groups excluding tert-OH is 1. The normalized spacial score (nSPS) is 21.9. The van der Waals surface area contributed by atoms with Gasteiger partial charge < -0.3 is 25.8 Å². The van der Waals surface area contributed by atoms with E-state index in [1.165, 1.54) is 0 Å². The molecule has 1 aliphatic heterocycles. The van der Waals surface area contributed by atoms with E-state index in [-0.39, 0.29) is 18.7 Å². The molecule has 128 valence electrons. The molecule has 1 aliphatic rings. The summed E-state index contributed by atoms with van der Waals surface area (Å²) in [5, 5.41) is 13.6. The molecular formula is C17H27N3O3. The largest absolute Gasteiger partial charge is 0.444 e. The highest BCUT2D eigenvalue weighted by Gasteiger charge is 2.32. The minimum atomic E-state index is -0.669. The Morgan fingerprint density at radius 3 is 2.70 bits per heavy atom. The predicted molar refractivity (Wildman–Crippen MR) is 91.4 cm³/mol. The van der Waals surface area contributed by atoms with Crippen molar-refractivity contribution in [3.63, 3.8) is 0 Å². The SMILES string of the molecule is Cc1ccc(NC2CCN(C(=O)OC(C)(C)C)C[C@H]2O)c(N)c1. The van der Waals surface area contributed by atoms with E-state index in [1.807, 2.05) is 45.9 Å². The van der Waals surface area contributed by atoms with Crippen molar-refractivity contribution in [1.29, 1.82) is 0 Å². The number of hydrogen-bond acceptors (Lipinski definition) is 5. The molecule has 2 atom stereocenters. The number of rotatable bonds is 2. The molecule has 0 aromatic heterocycles. The van der Waals surface area contributed by atoms with Gasteiger partial charge >= 0.3 is 6.09 Å². The van der Waals surface area contributed by atoms with Crippen molar-refractivity contribution in [3.8, 4) is 0 Å². The summed E-state index contributed by atoms with van der Waals surface area (Å²) in [7, 11) is 0. The van der Waals surface area contributed by atoms with Gasteiger partial charge in [0, 0.05) is 6.54 Å². The molecule has 1 amide bonds. The summed E-state index contributed by atoms with van der Waals surface area (Å²) in [6, 6.07) is 5.64. The topological polar surface area (TPSA) is 87.8 Å². The van der Waals surface area contributed by atoms with Gasteiger partial charge in [-0.3, -0.25) is 0 Å². The minimum absolute atomic E-state index is 0.140. The zero-order valence-corrected chi connectivity index (χ0v) is 14.3. The molecule has 0 spiro atoms. The number of aryl methyl sites for hydroxylation is 1. The zero-order chi connectivity index (χ0) is 17.2. The van der Waals surface area contributed by atoms with Crippen LogP contribution in [0.5, 0.6) is 0 Å². The third-order valence-electron chi connectivity index (χ3n) is 3.78. The van der Waals surface area contributed by atoms with Crippen molar-refractivity contribution in [2.75, 3.05) is 24.1 Å². The minimum Gasteiger partial charge on any atom is -0.444 e. The Balaban J connectivity index is 1.95. The van der Waals surface area contributed by atoms with Crippen molar-refractivity contribution < 1.29 is 14.6 Å². The number of nitrogens with zero attached hydrogens (tertiary/aromatic N) is 1. The number of benzene rings is 1. The summed E-state index contributed by atoms with van der Waals surface area (Å²) in [4.78, 5) is 13.6. The van der Waals surface area contributed by atoms with Crippen molar-refractivity contribution in [2.45, 2.75) is 51.9 Å². The Hall–Kier alpha value is -1.95. The number of nitrogens with one attached hydrogen (secondary N) is 1. The van der Waals surface area contributed by atoms with Crippen LogP contribution in [0.15, 0.2) is 18.2 Å². The fraction of sp³-hybridized carbons (Fsp3) is 0.588. The molecule has 2 rings (SSSR count). The average molecular weight is 321 g/mol. The highest BCUT2D eigenvalue weighted by molar-refractivity contribution is 5.69. The molecule has 0 bridgehead atoms. The molecule has 0 radical (unpaired) electrons. The van der Waals surface area contributed by atoms with E-state index in [0.717, 1.165) is 11.3 Å². The summed E-state index contributed by atoms with van der Waals surface area (Å²) in [6.45, 7) is 8.25. The highest BCUT2D eigenvalue weighted by Crippen LogP contribution is 2.24. The van der Waals surface area contributed by atoms with Crippen LogP contribution in [0.3, 0.4) is 0 Å². The van der Waals surface area contributed by atoms with Crippen molar-refractivity contribution in [2.24, 2.45) is 0 Å². The van der Waals surface area contributed by atoms with Gasteiger partial charge in [-0.1, -0.05) is 6.07 Å². The van der Waals surface area contributed by atoms with Gasteiger partial charge in [0.15, 0.2) is 0 Å². The lowest BCUT2D eigenvalue weighted by Gasteiger charge is -2.37. The number of ether oxygens (including phenoxy) is 1. The van der Waals surface area contributed by atoms with Gasteiger partial charge in [0.05, 0.1) is 30.1 Å². The number of hydrogen-bond donors (Lipinski definition) is 3. The quantitative estimate of drug-likeness (QED) is 0.728. The van der Waals surface area contributed by atoms with Crippen molar-refractivity contribution in [1.82, 2.24) is 4.90 Å². The number of carbonyl (C=O) groups excluding carboxylic acids is 1. The number of anilines is 2. The number of carbonyl (C=O) groups is 1. The van der Waals surface area contributed by atoms with Crippen LogP contribution in [-0.2, 0) is 4.74 Å². The molecule has 23 heavy (non-hydrogen) atoms. The van der Waals surface area contributed by atoms with Crippen LogP contribution in [0.25, 0.3) is 0 Å². The second-order valence-corrected chi connectivity index (χ2v) is 7.12. The molecule has 6 heteroatoms. The van der Waals surface area contributed by atoms with Crippen LogP contribution in [0.1, 0.15) is 32.8 Å². The standard InChI is InChI=1S/C17H27N3O3/c1-11-5-6-13(12(18)9-11)19-14-7-8-20(10-15(14)21)16(22)23-17(2,3)4/h5-6,9,14-15,19,21H,7-8,10,18H2,1-4H3/t14?,15-/m1/s1. The Bertz CT molecular complexity index is 569. The Morgan fingerprint density at radius 1 is 1.43 bits per heavy atom. The number of likely N-dealkylation sites (tertiary alicyclic amines) is 1. The first-order valence-corrected chi connectivity index (χ1v) is 7.94. The molecule has 1 aromatic rings. The van der Waals surface area contributed by atoms with E-state index in [0.29, 0.717) is 18.7 Å². The van der Waals surface area contributed by atoms with E-state index in [4.69, 9.17) is 10.5 Å². The third kappa shape index (κ3) is 4.76. The third-order valence-corrected chi connectivity index (χ3v) is 3.78. The predicted octanol–water partition coefficient (Wildman–Crippen LogP) is 2.36. The Kier molecular flexibility index (Phi) is 5.04. The van der Waals surface area contributed by atoms with Crippen LogP contribution >= 0.6 is 0 Å². The number of piperidine rings is 1. The molecule has 1 heterocycles. The Labute approximate surface area is 137 Å². The maximum atomic E-state index is 12.1. The summed E-state index contributed by atoms with van der Waals surface area (Å²) in [6.07, 6.45) is -0.421. The van der Waals surface area contributed by atoms with Crippen LogP contribution in [0, 0.1) is 6.92 Å². The number of nitrogens with two attached hydrogens (primary N) is 1. The number of aliphatic hydroxyl groups is 1. The number of β-amino-alcohol motifs (C(OH)–C–C–N with tert-alkyl or cyclic N) is 1. The fourth-order valence-corrected chi connectivity index (χ4v) is 2.61. The number of amides is 1. The molecule has 1 saturated heterocycles. The molecule has 1 aromatic carbocycles. The van der Waals surface area contributed by atoms with Gasteiger partial charge in [-0.05, 0) is 51.8 Å². The first kappa shape index (κ1) is 17.4. The smallest absolute Gasteiger partial charge is 0.410 e. The second-order valence-electron chi connectivity index (χ2n) is 7.12. The van der Waals surface area contributed by atoms with Crippen LogP contribution in [-0.4, -0.2) is 46.9 Å². The molecule has 1 fully saturated rings. The lowest BCUT2D eigenvalue weighted by atomic mass is 10.0. The van der Waals surface area contributed by atoms with Crippen LogP contribution in [0.4, 0.5) is 16.2 Å². The first-order chi connectivity index (χ1) is 10.7. The second kappa shape index (κ2) is 6.66. The first-order valence-electron chi connectivity index (χ1n) is 7.94. The van der Waals surface area contributed by atoms with Gasteiger partial charge in [-0.2, -0.15) is 0 Å². The van der Waals surface area contributed by atoms with E-state index < -0.39 is 11.7 Å². The Morgan fingerprint density at radius 2 is 2.13 bits per heavy atom. The maximum absolute atomic E-state index is 12.1. The molecule has 4 N–H and O–H groups in total. The fourth-order valence-electron chi connectivity index (χ4n) is 2.61. The van der Waals surface area contributed by atoms with E-state index in [1.54, 1.807) is 4.90 Å². The van der Waals surface area contributed by atoms with Gasteiger partial charge in [-0.25, -0.2) is 4.79 Å². The summed E-state index contributed by atoms with van der Waals surface area (Å²) in [5.41, 5.74) is 8.03.